The SMILES string of the molecule is Cc1nc(Cc2ccccc2)sc1C(=O)N(C)C(C)CN. The van der Waals surface area contributed by atoms with E-state index in [9.17, 15) is 4.79 Å². The standard InChI is InChI=1S/C16H21N3OS/c1-11(10-17)19(3)16(20)15-12(2)18-14(21-15)9-13-7-5-4-6-8-13/h4-8,11H,9-10,17H2,1-3H3. The molecule has 1 unspecified atom stereocenters. The molecule has 0 aliphatic carbocycles. The van der Waals surface area contributed by atoms with Crippen molar-refractivity contribution in [2.45, 2.75) is 26.3 Å². The molecule has 0 saturated carbocycles. The normalized spacial score (nSPS) is 12.2. The van der Waals surface area contributed by atoms with Gasteiger partial charge in [0.1, 0.15) is 4.88 Å². The molecule has 21 heavy (non-hydrogen) atoms. The van der Waals surface area contributed by atoms with E-state index in [1.165, 1.54) is 16.9 Å². The smallest absolute Gasteiger partial charge is 0.265 e. The number of carbonyl (C=O) groups excluding carboxylic acids is 1. The molecule has 112 valence electrons. The molecule has 0 fully saturated rings. The van der Waals surface area contributed by atoms with E-state index < -0.39 is 0 Å². The lowest BCUT2D eigenvalue weighted by molar-refractivity contribution is 0.0752. The summed E-state index contributed by atoms with van der Waals surface area (Å²) in [4.78, 5) is 19.4. The predicted octanol–water partition coefficient (Wildman–Crippen LogP) is 2.46. The van der Waals surface area contributed by atoms with E-state index in [1.54, 1.807) is 11.9 Å². The van der Waals surface area contributed by atoms with E-state index >= 15 is 0 Å². The second-order valence-electron chi connectivity index (χ2n) is 5.19. The molecular weight excluding hydrogens is 282 g/mol. The number of thiazole rings is 1. The molecule has 0 bridgehead atoms. The Morgan fingerprint density at radius 3 is 2.67 bits per heavy atom. The van der Waals surface area contributed by atoms with Gasteiger partial charge in [0, 0.05) is 26.1 Å². The Morgan fingerprint density at radius 1 is 1.38 bits per heavy atom. The molecule has 2 N–H and O–H groups in total. The summed E-state index contributed by atoms with van der Waals surface area (Å²) in [5, 5.41) is 0.968. The molecule has 0 radical (unpaired) electrons. The molecular formula is C16H21N3OS. The Hall–Kier alpha value is -1.72. The van der Waals surface area contributed by atoms with Crippen LogP contribution >= 0.6 is 11.3 Å². The average Bonchev–Trinajstić information content (AvgIpc) is 2.86. The fraction of sp³-hybridized carbons (Fsp3) is 0.375. The molecule has 1 aromatic heterocycles. The lowest BCUT2D eigenvalue weighted by Crippen LogP contribution is -2.39. The van der Waals surface area contributed by atoms with Crippen molar-refractivity contribution < 1.29 is 4.79 Å². The highest BCUT2D eigenvalue weighted by Gasteiger charge is 2.21. The summed E-state index contributed by atoms with van der Waals surface area (Å²) in [5.74, 6) is 0.00209. The van der Waals surface area contributed by atoms with Crippen molar-refractivity contribution in [2.24, 2.45) is 5.73 Å². The molecule has 2 rings (SSSR count). The molecule has 1 amide bonds. The number of nitrogens with zero attached hydrogens (tertiary/aromatic N) is 2. The molecule has 0 spiro atoms. The zero-order valence-electron chi connectivity index (χ0n) is 12.7. The van der Waals surface area contributed by atoms with Gasteiger partial charge in [-0.05, 0) is 19.4 Å². The van der Waals surface area contributed by atoms with Crippen LogP contribution in [0.15, 0.2) is 30.3 Å². The Morgan fingerprint density at radius 2 is 2.05 bits per heavy atom. The van der Waals surface area contributed by atoms with E-state index in [2.05, 4.69) is 17.1 Å². The monoisotopic (exact) mass is 303 g/mol. The number of benzene rings is 1. The van der Waals surface area contributed by atoms with Crippen molar-refractivity contribution in [3.8, 4) is 0 Å². The van der Waals surface area contributed by atoms with E-state index in [0.717, 1.165) is 17.1 Å². The third kappa shape index (κ3) is 3.68. The van der Waals surface area contributed by atoms with Gasteiger partial charge in [-0.15, -0.1) is 11.3 Å². The van der Waals surface area contributed by atoms with Crippen LogP contribution in [0.4, 0.5) is 0 Å². The molecule has 1 atom stereocenters. The zero-order valence-corrected chi connectivity index (χ0v) is 13.5. The first-order valence-electron chi connectivity index (χ1n) is 7.00. The van der Waals surface area contributed by atoms with E-state index in [4.69, 9.17) is 5.73 Å². The quantitative estimate of drug-likeness (QED) is 0.923. The van der Waals surface area contributed by atoms with Gasteiger partial charge in [0.2, 0.25) is 0 Å². The van der Waals surface area contributed by atoms with Crippen LogP contribution in [0, 0.1) is 6.92 Å². The van der Waals surface area contributed by atoms with E-state index in [0.29, 0.717) is 11.4 Å². The Kier molecular flexibility index (Phi) is 5.09. The number of likely N-dealkylation sites (N-methyl/N-ethyl adjacent to an activating group) is 1. The van der Waals surface area contributed by atoms with Crippen LogP contribution < -0.4 is 5.73 Å². The minimum Gasteiger partial charge on any atom is -0.337 e. The molecule has 5 heteroatoms. The molecule has 1 aromatic carbocycles. The fourth-order valence-corrected chi connectivity index (χ4v) is 3.10. The first kappa shape index (κ1) is 15.7. The largest absolute Gasteiger partial charge is 0.337 e. The molecule has 1 heterocycles. The van der Waals surface area contributed by atoms with Crippen LogP contribution in [-0.2, 0) is 6.42 Å². The predicted molar refractivity (Wildman–Crippen MR) is 86.7 cm³/mol. The first-order chi connectivity index (χ1) is 10.0. The lowest BCUT2D eigenvalue weighted by atomic mass is 10.2. The Balaban J connectivity index is 2.17. The van der Waals surface area contributed by atoms with Gasteiger partial charge in [-0.25, -0.2) is 4.98 Å². The third-order valence-electron chi connectivity index (χ3n) is 3.56. The van der Waals surface area contributed by atoms with Gasteiger partial charge in [0.15, 0.2) is 0 Å². The van der Waals surface area contributed by atoms with Crippen LogP contribution in [0.1, 0.15) is 32.9 Å². The molecule has 2 aromatic rings. The van der Waals surface area contributed by atoms with Gasteiger partial charge in [0.05, 0.1) is 10.7 Å². The molecule has 0 saturated heterocycles. The second-order valence-corrected chi connectivity index (χ2v) is 6.27. The summed E-state index contributed by atoms with van der Waals surface area (Å²) in [6.45, 7) is 4.29. The number of hydrogen-bond acceptors (Lipinski definition) is 4. The Labute approximate surface area is 129 Å². The van der Waals surface area contributed by atoms with Crippen molar-refractivity contribution >= 4 is 17.2 Å². The van der Waals surface area contributed by atoms with Gasteiger partial charge in [0.25, 0.3) is 5.91 Å². The minimum absolute atomic E-state index is 0.00209. The van der Waals surface area contributed by atoms with Gasteiger partial charge in [-0.1, -0.05) is 30.3 Å². The highest BCUT2D eigenvalue weighted by molar-refractivity contribution is 7.13. The van der Waals surface area contributed by atoms with Gasteiger partial charge >= 0.3 is 0 Å². The third-order valence-corrected chi connectivity index (χ3v) is 4.70. The topological polar surface area (TPSA) is 59.2 Å². The number of amides is 1. The summed E-state index contributed by atoms with van der Waals surface area (Å²) in [6.07, 6.45) is 0.760. The number of rotatable bonds is 5. The van der Waals surface area contributed by atoms with Gasteiger partial charge < -0.3 is 10.6 Å². The van der Waals surface area contributed by atoms with Crippen molar-refractivity contribution in [3.05, 3.63) is 51.5 Å². The summed E-state index contributed by atoms with van der Waals surface area (Å²) in [7, 11) is 1.79. The van der Waals surface area contributed by atoms with Crippen molar-refractivity contribution in [3.63, 3.8) is 0 Å². The summed E-state index contributed by atoms with van der Waals surface area (Å²) < 4.78 is 0. The van der Waals surface area contributed by atoms with E-state index in [-0.39, 0.29) is 11.9 Å². The van der Waals surface area contributed by atoms with Crippen LogP contribution in [0.5, 0.6) is 0 Å². The molecule has 4 nitrogen and oxygen atoms in total. The zero-order chi connectivity index (χ0) is 15.4. The van der Waals surface area contributed by atoms with Crippen LogP contribution in [0.25, 0.3) is 0 Å². The number of hydrogen-bond donors (Lipinski definition) is 1. The summed E-state index contributed by atoms with van der Waals surface area (Å²) in [5.41, 5.74) is 7.63. The maximum absolute atomic E-state index is 12.5. The van der Waals surface area contributed by atoms with Crippen molar-refractivity contribution in [1.82, 2.24) is 9.88 Å². The summed E-state index contributed by atoms with van der Waals surface area (Å²) in [6, 6.07) is 10.2. The number of aryl methyl sites for hydroxylation is 1. The van der Waals surface area contributed by atoms with Gasteiger partial charge in [-0.2, -0.15) is 0 Å². The highest BCUT2D eigenvalue weighted by Crippen LogP contribution is 2.22. The number of aromatic nitrogens is 1. The maximum Gasteiger partial charge on any atom is 0.265 e. The maximum atomic E-state index is 12.5. The van der Waals surface area contributed by atoms with E-state index in [1.807, 2.05) is 32.0 Å². The Bertz CT molecular complexity index is 609. The second kappa shape index (κ2) is 6.83. The highest BCUT2D eigenvalue weighted by atomic mass is 32.1. The lowest BCUT2D eigenvalue weighted by Gasteiger charge is -2.23. The fourth-order valence-electron chi connectivity index (χ4n) is 2.02. The van der Waals surface area contributed by atoms with Crippen molar-refractivity contribution in [1.29, 1.82) is 0 Å². The number of carbonyl (C=O) groups is 1. The summed E-state index contributed by atoms with van der Waals surface area (Å²) >= 11 is 1.48. The molecule has 0 aliphatic rings. The van der Waals surface area contributed by atoms with Crippen LogP contribution in [-0.4, -0.2) is 35.4 Å². The number of nitrogens with two attached hydrogens (primary N) is 1. The minimum atomic E-state index is 0.00209. The average molecular weight is 303 g/mol. The first-order valence-corrected chi connectivity index (χ1v) is 7.82. The molecule has 0 aliphatic heterocycles. The van der Waals surface area contributed by atoms with Crippen molar-refractivity contribution in [2.75, 3.05) is 13.6 Å². The van der Waals surface area contributed by atoms with Crippen LogP contribution in [0.3, 0.4) is 0 Å². The van der Waals surface area contributed by atoms with Gasteiger partial charge in [-0.3, -0.25) is 4.79 Å². The van der Waals surface area contributed by atoms with Crippen LogP contribution in [0.2, 0.25) is 0 Å².